The molecule has 0 aromatic heterocycles. The van der Waals surface area contributed by atoms with E-state index >= 15 is 0 Å². The SMILES string of the molecule is N[C@@H](Cc1ccccc1)C(=O)Nc1ccc(Br)c(Cl)c1. The molecule has 0 bridgehead atoms. The summed E-state index contributed by atoms with van der Waals surface area (Å²) in [5.41, 5.74) is 7.57. The highest BCUT2D eigenvalue weighted by molar-refractivity contribution is 9.10. The standard InChI is InChI=1S/C15H14BrClN2O/c16-12-7-6-11(9-13(12)17)19-15(20)14(18)8-10-4-2-1-3-5-10/h1-7,9,14H,8,18H2,(H,19,20)/t14-/m0/s1. The Hall–Kier alpha value is -1.36. The summed E-state index contributed by atoms with van der Waals surface area (Å²) in [5.74, 6) is -0.229. The number of carbonyl (C=O) groups is 1. The van der Waals surface area contributed by atoms with Crippen molar-refractivity contribution in [3.63, 3.8) is 0 Å². The van der Waals surface area contributed by atoms with Gasteiger partial charge in [0.1, 0.15) is 0 Å². The molecule has 0 saturated carbocycles. The van der Waals surface area contributed by atoms with Crippen LogP contribution in [0.5, 0.6) is 0 Å². The van der Waals surface area contributed by atoms with Gasteiger partial charge in [0.25, 0.3) is 0 Å². The Kier molecular flexibility index (Phi) is 5.17. The van der Waals surface area contributed by atoms with E-state index in [9.17, 15) is 4.79 Å². The lowest BCUT2D eigenvalue weighted by Gasteiger charge is -2.12. The van der Waals surface area contributed by atoms with Crippen LogP contribution in [0.15, 0.2) is 53.0 Å². The summed E-state index contributed by atoms with van der Waals surface area (Å²) < 4.78 is 0.783. The number of amides is 1. The smallest absolute Gasteiger partial charge is 0.241 e. The first-order chi connectivity index (χ1) is 9.56. The van der Waals surface area contributed by atoms with E-state index in [1.54, 1.807) is 18.2 Å². The van der Waals surface area contributed by atoms with Crippen LogP contribution < -0.4 is 11.1 Å². The molecule has 0 aliphatic rings. The summed E-state index contributed by atoms with van der Waals surface area (Å²) in [6, 6.07) is 14.3. The van der Waals surface area contributed by atoms with Gasteiger partial charge in [0.15, 0.2) is 0 Å². The molecule has 0 unspecified atom stereocenters. The molecule has 0 aliphatic carbocycles. The second-order valence-electron chi connectivity index (χ2n) is 4.41. The second-order valence-corrected chi connectivity index (χ2v) is 5.68. The largest absolute Gasteiger partial charge is 0.325 e. The highest BCUT2D eigenvalue weighted by Gasteiger charge is 2.14. The average molecular weight is 354 g/mol. The van der Waals surface area contributed by atoms with E-state index in [0.717, 1.165) is 10.0 Å². The molecule has 3 N–H and O–H groups in total. The van der Waals surface area contributed by atoms with Gasteiger partial charge in [-0.15, -0.1) is 0 Å². The first-order valence-electron chi connectivity index (χ1n) is 6.11. The summed E-state index contributed by atoms with van der Waals surface area (Å²) >= 11 is 9.28. The van der Waals surface area contributed by atoms with Crippen molar-refractivity contribution in [1.29, 1.82) is 0 Å². The van der Waals surface area contributed by atoms with Crippen molar-refractivity contribution in [1.82, 2.24) is 0 Å². The normalized spacial score (nSPS) is 11.9. The summed E-state index contributed by atoms with van der Waals surface area (Å²) in [6.45, 7) is 0. The van der Waals surface area contributed by atoms with Crippen LogP contribution in [0.25, 0.3) is 0 Å². The molecule has 104 valence electrons. The third-order valence-corrected chi connectivity index (χ3v) is 4.05. The number of nitrogens with one attached hydrogen (secondary N) is 1. The molecule has 20 heavy (non-hydrogen) atoms. The van der Waals surface area contributed by atoms with Crippen molar-refractivity contribution in [3.8, 4) is 0 Å². The molecule has 1 amide bonds. The van der Waals surface area contributed by atoms with Gasteiger partial charge in [-0.3, -0.25) is 4.79 Å². The van der Waals surface area contributed by atoms with E-state index in [-0.39, 0.29) is 5.91 Å². The fourth-order valence-corrected chi connectivity index (χ4v) is 2.20. The number of halogens is 2. The molecular weight excluding hydrogens is 340 g/mol. The lowest BCUT2D eigenvalue weighted by atomic mass is 10.1. The monoisotopic (exact) mass is 352 g/mol. The third kappa shape index (κ3) is 4.07. The molecule has 0 spiro atoms. The topological polar surface area (TPSA) is 55.1 Å². The molecule has 5 heteroatoms. The second kappa shape index (κ2) is 6.88. The number of anilines is 1. The minimum atomic E-state index is -0.597. The summed E-state index contributed by atoms with van der Waals surface area (Å²) in [6.07, 6.45) is 0.497. The lowest BCUT2D eigenvalue weighted by Crippen LogP contribution is -2.37. The van der Waals surface area contributed by atoms with Crippen molar-refractivity contribution >= 4 is 39.1 Å². The molecule has 0 aliphatic heterocycles. The zero-order valence-electron chi connectivity index (χ0n) is 10.6. The predicted octanol–water partition coefficient (Wildman–Crippen LogP) is 3.61. The van der Waals surface area contributed by atoms with Crippen LogP contribution in [0.3, 0.4) is 0 Å². The Labute approximate surface area is 131 Å². The number of carbonyl (C=O) groups excluding carboxylic acids is 1. The Morgan fingerprint density at radius 3 is 2.60 bits per heavy atom. The summed E-state index contributed by atoms with van der Waals surface area (Å²) in [7, 11) is 0. The fourth-order valence-electron chi connectivity index (χ4n) is 1.77. The maximum absolute atomic E-state index is 12.0. The molecular formula is C15H14BrClN2O. The lowest BCUT2D eigenvalue weighted by molar-refractivity contribution is -0.117. The Morgan fingerprint density at radius 1 is 1.25 bits per heavy atom. The van der Waals surface area contributed by atoms with Crippen LogP contribution in [0, 0.1) is 0 Å². The number of benzene rings is 2. The highest BCUT2D eigenvalue weighted by atomic mass is 79.9. The van der Waals surface area contributed by atoms with E-state index in [1.165, 1.54) is 0 Å². The van der Waals surface area contributed by atoms with Gasteiger partial charge < -0.3 is 11.1 Å². The minimum absolute atomic E-state index is 0.229. The van der Waals surface area contributed by atoms with Crippen LogP contribution in [-0.4, -0.2) is 11.9 Å². The van der Waals surface area contributed by atoms with E-state index in [4.69, 9.17) is 17.3 Å². The van der Waals surface area contributed by atoms with Gasteiger partial charge in [0, 0.05) is 10.2 Å². The zero-order chi connectivity index (χ0) is 14.5. The van der Waals surface area contributed by atoms with E-state index < -0.39 is 6.04 Å². The van der Waals surface area contributed by atoms with Crippen molar-refractivity contribution in [2.45, 2.75) is 12.5 Å². The third-order valence-electron chi connectivity index (χ3n) is 2.82. The molecule has 1 atom stereocenters. The maximum Gasteiger partial charge on any atom is 0.241 e. The molecule has 2 aromatic rings. The van der Waals surface area contributed by atoms with Gasteiger partial charge in [-0.1, -0.05) is 41.9 Å². The molecule has 0 saturated heterocycles. The highest BCUT2D eigenvalue weighted by Crippen LogP contribution is 2.25. The molecule has 2 aromatic carbocycles. The first kappa shape index (κ1) is 15.0. The predicted molar refractivity (Wildman–Crippen MR) is 85.9 cm³/mol. The van der Waals surface area contributed by atoms with Crippen LogP contribution >= 0.6 is 27.5 Å². The summed E-state index contributed by atoms with van der Waals surface area (Å²) in [4.78, 5) is 12.0. The molecule has 0 fully saturated rings. The minimum Gasteiger partial charge on any atom is -0.325 e. The van der Waals surface area contributed by atoms with Crippen LogP contribution in [0.4, 0.5) is 5.69 Å². The first-order valence-corrected chi connectivity index (χ1v) is 7.29. The quantitative estimate of drug-likeness (QED) is 0.882. The maximum atomic E-state index is 12.0. The molecule has 0 heterocycles. The van der Waals surface area contributed by atoms with Crippen LogP contribution in [-0.2, 0) is 11.2 Å². The number of rotatable bonds is 4. The van der Waals surface area contributed by atoms with E-state index in [1.807, 2.05) is 30.3 Å². The van der Waals surface area contributed by atoms with Crippen molar-refractivity contribution in [2.24, 2.45) is 5.73 Å². The van der Waals surface area contributed by atoms with Crippen molar-refractivity contribution in [2.75, 3.05) is 5.32 Å². The zero-order valence-corrected chi connectivity index (χ0v) is 13.0. The van der Waals surface area contributed by atoms with Gasteiger partial charge in [-0.2, -0.15) is 0 Å². The van der Waals surface area contributed by atoms with Gasteiger partial charge in [0.05, 0.1) is 11.1 Å². The summed E-state index contributed by atoms with van der Waals surface area (Å²) in [5, 5.41) is 3.30. The van der Waals surface area contributed by atoms with E-state index in [0.29, 0.717) is 17.1 Å². The Balaban J connectivity index is 1.99. The fraction of sp³-hybridized carbons (Fsp3) is 0.133. The number of nitrogens with two attached hydrogens (primary N) is 1. The number of hydrogen-bond acceptors (Lipinski definition) is 2. The molecule has 3 nitrogen and oxygen atoms in total. The van der Waals surface area contributed by atoms with Crippen LogP contribution in [0.2, 0.25) is 5.02 Å². The Bertz CT molecular complexity index is 604. The van der Waals surface area contributed by atoms with Gasteiger partial charge in [0.2, 0.25) is 5.91 Å². The van der Waals surface area contributed by atoms with E-state index in [2.05, 4.69) is 21.2 Å². The average Bonchev–Trinajstić information content (AvgIpc) is 2.44. The molecule has 2 rings (SSSR count). The van der Waals surface area contributed by atoms with Crippen LogP contribution in [0.1, 0.15) is 5.56 Å². The number of hydrogen-bond donors (Lipinski definition) is 2. The van der Waals surface area contributed by atoms with Gasteiger partial charge in [-0.25, -0.2) is 0 Å². The molecule has 0 radical (unpaired) electrons. The van der Waals surface area contributed by atoms with Crippen molar-refractivity contribution in [3.05, 3.63) is 63.6 Å². The van der Waals surface area contributed by atoms with Crippen molar-refractivity contribution < 1.29 is 4.79 Å². The van der Waals surface area contributed by atoms with Gasteiger partial charge in [-0.05, 0) is 46.1 Å². The Morgan fingerprint density at radius 2 is 1.95 bits per heavy atom. The van der Waals surface area contributed by atoms with Gasteiger partial charge >= 0.3 is 0 Å².